The van der Waals surface area contributed by atoms with E-state index < -0.39 is 108 Å². The number of carbonyl (C=O) groups excluding carboxylic acids is 6. The van der Waals surface area contributed by atoms with Crippen LogP contribution in [0.1, 0.15) is 65.9 Å². The largest absolute Gasteiger partial charge is 0.508 e. The molecule has 0 bridgehead atoms. The quantitative estimate of drug-likeness (QED) is 0.0679. The molecule has 0 radical (unpaired) electrons. The molecule has 0 spiro atoms. The number of nitrogens with one attached hydrogen (secondary N) is 5. The molecule has 1 rings (SSSR count). The highest BCUT2D eigenvalue weighted by Gasteiger charge is 2.35. The zero-order valence-corrected chi connectivity index (χ0v) is 28.7. The first-order valence-corrected chi connectivity index (χ1v) is 16.0. The van der Waals surface area contributed by atoms with Gasteiger partial charge in [-0.3, -0.25) is 33.6 Å². The van der Waals surface area contributed by atoms with E-state index >= 15 is 0 Å². The smallest absolute Gasteiger partial charge is 0.326 e. The predicted molar refractivity (Wildman–Crippen MR) is 178 cm³/mol. The van der Waals surface area contributed by atoms with E-state index in [1.165, 1.54) is 12.1 Å². The van der Waals surface area contributed by atoms with E-state index in [1.54, 1.807) is 46.8 Å². The maximum atomic E-state index is 13.4. The number of amides is 6. The minimum absolute atomic E-state index is 0.0193. The zero-order valence-electron chi connectivity index (χ0n) is 28.7. The van der Waals surface area contributed by atoms with Crippen molar-refractivity contribution in [3.63, 3.8) is 0 Å². The molecule has 50 heavy (non-hydrogen) atoms. The van der Waals surface area contributed by atoms with Crippen molar-refractivity contribution in [2.24, 2.45) is 23.3 Å². The topological polar surface area (TPSA) is 309 Å². The number of carboxylic acids is 2. The lowest BCUT2D eigenvalue weighted by Gasteiger charge is -2.29. The van der Waals surface area contributed by atoms with Gasteiger partial charge < -0.3 is 53.4 Å². The molecule has 0 saturated carbocycles. The first-order chi connectivity index (χ1) is 23.3. The van der Waals surface area contributed by atoms with Gasteiger partial charge in [-0.05, 0) is 42.4 Å². The fourth-order valence-corrected chi connectivity index (χ4v) is 4.70. The molecule has 0 aliphatic rings. The van der Waals surface area contributed by atoms with Gasteiger partial charge in [-0.25, -0.2) is 4.79 Å². The lowest BCUT2D eigenvalue weighted by molar-refractivity contribution is -0.144. The maximum absolute atomic E-state index is 13.4. The third-order valence-electron chi connectivity index (χ3n) is 7.46. The highest BCUT2D eigenvalue weighted by atomic mass is 16.4. The van der Waals surface area contributed by atoms with Crippen LogP contribution in [0.5, 0.6) is 5.75 Å². The molecular weight excluding hydrogens is 658 g/mol. The number of hydrogen-bond donors (Lipinski definition) is 10. The summed E-state index contributed by atoms with van der Waals surface area (Å²) in [4.78, 5) is 101. The second-order valence-corrected chi connectivity index (χ2v) is 12.5. The molecule has 6 atom stereocenters. The SMILES string of the molecule is CCC[C@H](NC(=O)[C@H](CC(=O)O)NC(=O)[C@H](CC(N)=O)NC(=O)[C@@H](NC(=O)[C@@H](NC(=O)[C@@H](N)Cc1ccc(O)cc1)C(C)C)C(C)C)C(=O)O. The van der Waals surface area contributed by atoms with Crippen molar-refractivity contribution in [1.82, 2.24) is 26.6 Å². The van der Waals surface area contributed by atoms with Crippen LogP contribution >= 0.6 is 0 Å². The van der Waals surface area contributed by atoms with Gasteiger partial charge in [0.1, 0.15) is 36.0 Å². The van der Waals surface area contributed by atoms with Crippen molar-refractivity contribution in [1.29, 1.82) is 0 Å². The third kappa shape index (κ3) is 14.5. The van der Waals surface area contributed by atoms with Gasteiger partial charge in [0.15, 0.2) is 0 Å². The Hall–Kier alpha value is -5.26. The highest BCUT2D eigenvalue weighted by molar-refractivity contribution is 5.98. The van der Waals surface area contributed by atoms with Crippen LogP contribution in [0.25, 0.3) is 0 Å². The summed E-state index contributed by atoms with van der Waals surface area (Å²) in [7, 11) is 0. The maximum Gasteiger partial charge on any atom is 0.326 e. The molecule has 0 aromatic heterocycles. The second-order valence-electron chi connectivity index (χ2n) is 12.5. The van der Waals surface area contributed by atoms with Crippen molar-refractivity contribution in [3.05, 3.63) is 29.8 Å². The molecule has 0 fully saturated rings. The Morgan fingerprint density at radius 2 is 1.10 bits per heavy atom. The molecule has 6 amide bonds. The molecule has 0 aliphatic carbocycles. The van der Waals surface area contributed by atoms with Crippen LogP contribution in [-0.4, -0.2) is 99.0 Å². The Bertz CT molecular complexity index is 1380. The summed E-state index contributed by atoms with van der Waals surface area (Å²) in [5.74, 6) is -9.63. The van der Waals surface area contributed by atoms with E-state index in [9.17, 15) is 53.7 Å². The molecule has 0 aliphatic heterocycles. The van der Waals surface area contributed by atoms with Gasteiger partial charge in [0.2, 0.25) is 35.4 Å². The van der Waals surface area contributed by atoms with Crippen molar-refractivity contribution < 1.29 is 53.7 Å². The number of nitrogens with two attached hydrogens (primary N) is 2. The van der Waals surface area contributed by atoms with Gasteiger partial charge in [-0.2, -0.15) is 0 Å². The number of benzene rings is 1. The minimum Gasteiger partial charge on any atom is -0.508 e. The van der Waals surface area contributed by atoms with Crippen molar-refractivity contribution in [2.75, 3.05) is 0 Å². The van der Waals surface area contributed by atoms with Crippen LogP contribution < -0.4 is 38.1 Å². The third-order valence-corrected chi connectivity index (χ3v) is 7.46. The normalized spacial score (nSPS) is 14.6. The summed E-state index contributed by atoms with van der Waals surface area (Å²) >= 11 is 0. The van der Waals surface area contributed by atoms with E-state index in [1.807, 2.05) is 0 Å². The molecular formula is C32H49N7O11. The molecule has 278 valence electrons. The average molecular weight is 708 g/mol. The lowest BCUT2D eigenvalue weighted by Crippen LogP contribution is -2.61. The van der Waals surface area contributed by atoms with Gasteiger partial charge in [0, 0.05) is 0 Å². The van der Waals surface area contributed by atoms with E-state index in [0.717, 1.165) is 0 Å². The number of carboxylic acid groups (broad SMARTS) is 2. The lowest BCUT2D eigenvalue weighted by atomic mass is 9.98. The van der Waals surface area contributed by atoms with Crippen molar-refractivity contribution >= 4 is 47.4 Å². The number of hydrogen-bond acceptors (Lipinski definition) is 10. The summed E-state index contributed by atoms with van der Waals surface area (Å²) in [5, 5.41) is 39.9. The molecule has 0 unspecified atom stereocenters. The number of carbonyl (C=O) groups is 8. The summed E-state index contributed by atoms with van der Waals surface area (Å²) in [6, 6.07) is -2.35. The fraction of sp³-hybridized carbons (Fsp3) is 0.562. The number of phenols is 1. The van der Waals surface area contributed by atoms with Crippen LogP contribution in [0.2, 0.25) is 0 Å². The number of phenolic OH excluding ortho intramolecular Hbond substituents is 1. The van der Waals surface area contributed by atoms with Crippen LogP contribution in [0.3, 0.4) is 0 Å². The number of rotatable bonds is 21. The van der Waals surface area contributed by atoms with Crippen LogP contribution in [0.4, 0.5) is 0 Å². The summed E-state index contributed by atoms with van der Waals surface area (Å²) in [6.45, 7) is 8.12. The van der Waals surface area contributed by atoms with E-state index in [2.05, 4.69) is 26.6 Å². The zero-order chi connectivity index (χ0) is 38.3. The predicted octanol–water partition coefficient (Wildman–Crippen LogP) is -1.77. The average Bonchev–Trinajstić information content (AvgIpc) is 3.01. The summed E-state index contributed by atoms with van der Waals surface area (Å²) in [5.41, 5.74) is 12.0. The van der Waals surface area contributed by atoms with Crippen molar-refractivity contribution in [2.45, 2.75) is 103 Å². The second kappa shape index (κ2) is 20.3. The molecule has 18 nitrogen and oxygen atoms in total. The van der Waals surface area contributed by atoms with E-state index in [4.69, 9.17) is 11.5 Å². The number of aromatic hydroxyl groups is 1. The minimum atomic E-state index is -1.79. The molecule has 0 heterocycles. The molecule has 18 heteroatoms. The first kappa shape index (κ1) is 42.8. The van der Waals surface area contributed by atoms with Crippen LogP contribution in [-0.2, 0) is 44.8 Å². The Morgan fingerprint density at radius 3 is 1.54 bits per heavy atom. The fourth-order valence-electron chi connectivity index (χ4n) is 4.70. The van der Waals surface area contributed by atoms with Gasteiger partial charge >= 0.3 is 11.9 Å². The Kier molecular flexibility index (Phi) is 17.4. The molecule has 0 saturated heterocycles. The standard InChI is InChI=1S/C32H49N7O11/c1-6-7-20(32(49)50)35-29(46)22(14-24(42)43)36-28(45)21(13-23(34)41)37-30(47)25(15(2)3)39-31(48)26(16(4)5)38-27(44)19(33)12-17-8-10-18(40)11-9-17/h8-11,15-16,19-22,25-26,40H,6-7,12-14,33H2,1-5H3,(H2,34,41)(H,35,46)(H,36,45)(H,37,47)(H,38,44)(H,39,48)(H,42,43)(H,49,50)/t19-,20-,21-,22-,25-,26-/m0/s1. The van der Waals surface area contributed by atoms with Gasteiger partial charge in [-0.15, -0.1) is 0 Å². The van der Waals surface area contributed by atoms with Crippen molar-refractivity contribution in [3.8, 4) is 5.75 Å². The Balaban J connectivity index is 3.13. The number of primary amides is 1. The van der Waals surface area contributed by atoms with E-state index in [-0.39, 0.29) is 18.6 Å². The monoisotopic (exact) mass is 707 g/mol. The Labute approximate surface area is 289 Å². The Morgan fingerprint density at radius 1 is 0.660 bits per heavy atom. The number of aliphatic carboxylic acids is 2. The molecule has 12 N–H and O–H groups in total. The summed E-state index contributed by atoms with van der Waals surface area (Å²) in [6.07, 6.45) is -1.25. The van der Waals surface area contributed by atoms with Gasteiger partial charge in [0.25, 0.3) is 0 Å². The van der Waals surface area contributed by atoms with Crippen LogP contribution in [0, 0.1) is 11.8 Å². The van der Waals surface area contributed by atoms with Crippen LogP contribution in [0.15, 0.2) is 24.3 Å². The van der Waals surface area contributed by atoms with Gasteiger partial charge in [0.05, 0.1) is 18.9 Å². The summed E-state index contributed by atoms with van der Waals surface area (Å²) < 4.78 is 0. The molecule has 1 aromatic rings. The first-order valence-electron chi connectivity index (χ1n) is 16.0. The van der Waals surface area contributed by atoms with Gasteiger partial charge in [-0.1, -0.05) is 53.2 Å². The highest BCUT2D eigenvalue weighted by Crippen LogP contribution is 2.12. The molecule has 1 aromatic carbocycles. The van der Waals surface area contributed by atoms with E-state index in [0.29, 0.717) is 12.0 Å².